The summed E-state index contributed by atoms with van der Waals surface area (Å²) < 4.78 is 11.4. The van der Waals surface area contributed by atoms with Gasteiger partial charge in [0, 0.05) is 6.42 Å². The van der Waals surface area contributed by atoms with Crippen LogP contribution in [0.5, 0.6) is 0 Å². The smallest absolute Gasteiger partial charge is 0.220 e. The van der Waals surface area contributed by atoms with E-state index in [1.807, 2.05) is 0 Å². The summed E-state index contributed by atoms with van der Waals surface area (Å²) in [6.07, 6.45) is 80.4. The van der Waals surface area contributed by atoms with Gasteiger partial charge in [0.15, 0.2) is 6.29 Å². The number of hydrogen-bond donors (Lipinski definition) is 6. The Balaban J connectivity index is 2.03. The molecule has 0 radical (unpaired) electrons. The number of aliphatic hydroxyl groups excluding tert-OH is 5. The molecule has 0 spiro atoms. The zero-order valence-electron chi connectivity index (χ0n) is 57.6. The topological polar surface area (TPSA) is 149 Å². The van der Waals surface area contributed by atoms with Gasteiger partial charge < -0.3 is 40.3 Å². The molecule has 1 aliphatic rings. The summed E-state index contributed by atoms with van der Waals surface area (Å²) in [5.41, 5.74) is 0. The first kappa shape index (κ1) is 82.9. The number of hydrogen-bond acceptors (Lipinski definition) is 8. The minimum absolute atomic E-state index is 0.132. The number of allylic oxidation sites excluding steroid dienone is 2. The highest BCUT2D eigenvalue weighted by molar-refractivity contribution is 5.76. The molecule has 0 aromatic rings. The van der Waals surface area contributed by atoms with Gasteiger partial charge >= 0.3 is 0 Å². The van der Waals surface area contributed by atoms with Gasteiger partial charge in [0.2, 0.25) is 5.91 Å². The van der Waals surface area contributed by atoms with Gasteiger partial charge in [0.25, 0.3) is 0 Å². The Morgan fingerprint density at radius 1 is 0.384 bits per heavy atom. The Bertz CT molecular complexity index is 1360. The van der Waals surface area contributed by atoms with Crippen LogP contribution >= 0.6 is 0 Å². The SMILES string of the molecule is CCCCCCCCCCCCCCCCCCCC/C=C\CCCCCCCCCCCCCCCCCCCC(=O)NC(COC1OC(CO)C(O)C(O)C1O)C(O)CCCCCCCCCCCCCCCCCCCCCCCCCC. The first-order valence-corrected chi connectivity index (χ1v) is 38.9. The number of unbranched alkanes of at least 4 members (excludes halogenated alkanes) is 58. The third kappa shape index (κ3) is 54.6. The summed E-state index contributed by atoms with van der Waals surface area (Å²) in [4.78, 5) is 13.2. The van der Waals surface area contributed by atoms with E-state index in [9.17, 15) is 30.3 Å². The predicted octanol–water partition coefficient (Wildman–Crippen LogP) is 21.8. The molecule has 1 aliphatic heterocycles. The van der Waals surface area contributed by atoms with E-state index in [1.54, 1.807) is 0 Å². The Morgan fingerprint density at radius 2 is 0.651 bits per heavy atom. The first-order valence-electron chi connectivity index (χ1n) is 38.9. The standard InChI is InChI=1S/C77H151NO8/c1-3-5-7-9-11-13-15-17-19-21-23-25-27-29-30-31-32-33-34-35-36-37-38-39-40-41-42-43-45-47-49-51-53-55-57-59-61-63-65-67-73(81)78-70(69-85-77-76(84)75(83)74(82)72(68-79)86-77)71(80)66-64-62-60-58-56-54-52-50-48-46-44-28-26-24-22-20-18-16-14-12-10-8-6-4-2/h35-36,70-72,74-77,79-80,82-84H,3-34,37-69H2,1-2H3,(H,78,81)/b36-35-. The van der Waals surface area contributed by atoms with E-state index in [-0.39, 0.29) is 12.5 Å². The van der Waals surface area contributed by atoms with Crippen molar-refractivity contribution >= 4 is 5.91 Å². The van der Waals surface area contributed by atoms with Crippen LogP contribution in [0.3, 0.4) is 0 Å². The lowest BCUT2D eigenvalue weighted by Crippen LogP contribution is -2.60. The van der Waals surface area contributed by atoms with Crippen molar-refractivity contribution in [1.82, 2.24) is 5.32 Å². The lowest BCUT2D eigenvalue weighted by molar-refractivity contribution is -0.302. The van der Waals surface area contributed by atoms with Gasteiger partial charge in [-0.1, -0.05) is 386 Å². The van der Waals surface area contributed by atoms with Gasteiger partial charge in [0.1, 0.15) is 24.4 Å². The van der Waals surface area contributed by atoms with Gasteiger partial charge in [-0.2, -0.15) is 0 Å². The van der Waals surface area contributed by atoms with Crippen molar-refractivity contribution in [3.8, 4) is 0 Å². The average Bonchev–Trinajstić information content (AvgIpc) is 3.55. The molecule has 1 fully saturated rings. The number of ether oxygens (including phenoxy) is 2. The molecule has 6 N–H and O–H groups in total. The second kappa shape index (κ2) is 66.8. The molecule has 7 atom stereocenters. The number of aliphatic hydroxyl groups is 5. The maximum absolute atomic E-state index is 13.2. The van der Waals surface area contributed by atoms with Crippen molar-refractivity contribution in [2.24, 2.45) is 0 Å². The Morgan fingerprint density at radius 3 is 0.942 bits per heavy atom. The fourth-order valence-electron chi connectivity index (χ4n) is 13.0. The average molecular weight is 1220 g/mol. The number of amides is 1. The van der Waals surface area contributed by atoms with Crippen LogP contribution in [-0.4, -0.2) is 87.5 Å². The van der Waals surface area contributed by atoms with Crippen LogP contribution in [0, 0.1) is 0 Å². The highest BCUT2D eigenvalue weighted by Crippen LogP contribution is 2.24. The lowest BCUT2D eigenvalue weighted by atomic mass is 9.99. The van der Waals surface area contributed by atoms with Crippen molar-refractivity contribution in [3.63, 3.8) is 0 Å². The zero-order valence-corrected chi connectivity index (χ0v) is 57.6. The van der Waals surface area contributed by atoms with E-state index in [0.717, 1.165) is 38.5 Å². The molecule has 7 unspecified atom stereocenters. The molecule has 86 heavy (non-hydrogen) atoms. The van der Waals surface area contributed by atoms with Crippen LogP contribution < -0.4 is 5.32 Å². The quantitative estimate of drug-likeness (QED) is 0.0261. The van der Waals surface area contributed by atoms with Crippen molar-refractivity contribution in [3.05, 3.63) is 12.2 Å². The Kier molecular flexibility index (Phi) is 64.5. The van der Waals surface area contributed by atoms with Crippen LogP contribution in [0.2, 0.25) is 0 Å². The molecule has 0 bridgehead atoms. The molecule has 0 saturated carbocycles. The van der Waals surface area contributed by atoms with Crippen molar-refractivity contribution in [2.75, 3.05) is 13.2 Å². The molecule has 512 valence electrons. The van der Waals surface area contributed by atoms with Gasteiger partial charge in [0.05, 0.1) is 25.4 Å². The van der Waals surface area contributed by atoms with Crippen molar-refractivity contribution in [1.29, 1.82) is 0 Å². The molecule has 0 aromatic carbocycles. The van der Waals surface area contributed by atoms with Crippen molar-refractivity contribution in [2.45, 2.75) is 461 Å². The summed E-state index contributed by atoms with van der Waals surface area (Å²) in [6, 6.07) is -0.717. The van der Waals surface area contributed by atoms with Crippen LogP contribution in [0.4, 0.5) is 0 Å². The monoisotopic (exact) mass is 1220 g/mol. The summed E-state index contributed by atoms with van der Waals surface area (Å²) >= 11 is 0. The maximum atomic E-state index is 13.2. The van der Waals surface area contributed by atoms with Crippen LogP contribution in [0.1, 0.15) is 418 Å². The maximum Gasteiger partial charge on any atom is 0.220 e. The van der Waals surface area contributed by atoms with E-state index in [0.29, 0.717) is 12.8 Å². The molecule has 1 rings (SSSR count). The number of carbonyl (C=O) groups excluding carboxylic acids is 1. The molecule has 1 saturated heterocycles. The van der Waals surface area contributed by atoms with Crippen LogP contribution in [0.25, 0.3) is 0 Å². The van der Waals surface area contributed by atoms with Gasteiger partial charge in [-0.05, 0) is 38.5 Å². The van der Waals surface area contributed by atoms with E-state index in [4.69, 9.17) is 9.47 Å². The third-order valence-electron chi connectivity index (χ3n) is 19.1. The summed E-state index contributed by atoms with van der Waals surface area (Å²) in [6.45, 7) is 3.91. The minimum atomic E-state index is -1.55. The zero-order chi connectivity index (χ0) is 62.1. The number of carbonyl (C=O) groups is 1. The van der Waals surface area contributed by atoms with E-state index < -0.39 is 49.5 Å². The predicted molar refractivity (Wildman–Crippen MR) is 369 cm³/mol. The second-order valence-corrected chi connectivity index (χ2v) is 27.5. The molecule has 0 aromatic heterocycles. The molecule has 1 heterocycles. The largest absolute Gasteiger partial charge is 0.394 e. The molecule has 9 heteroatoms. The summed E-state index contributed by atoms with van der Waals surface area (Å²) in [5.74, 6) is -0.134. The lowest BCUT2D eigenvalue weighted by Gasteiger charge is -2.40. The Hall–Kier alpha value is -1.07. The van der Waals surface area contributed by atoms with Gasteiger partial charge in [-0.25, -0.2) is 0 Å². The van der Waals surface area contributed by atoms with E-state index in [2.05, 4.69) is 31.3 Å². The normalized spacial score (nSPS) is 18.0. The molecule has 0 aliphatic carbocycles. The molecular formula is C77H151NO8. The minimum Gasteiger partial charge on any atom is -0.394 e. The molecule has 9 nitrogen and oxygen atoms in total. The Labute approximate surface area is 535 Å². The molecule has 1 amide bonds. The van der Waals surface area contributed by atoms with E-state index in [1.165, 1.54) is 353 Å². The fourth-order valence-corrected chi connectivity index (χ4v) is 13.0. The third-order valence-corrected chi connectivity index (χ3v) is 19.1. The second-order valence-electron chi connectivity index (χ2n) is 27.5. The van der Waals surface area contributed by atoms with E-state index >= 15 is 0 Å². The van der Waals surface area contributed by atoms with Crippen molar-refractivity contribution < 1.29 is 39.8 Å². The number of rotatable bonds is 70. The van der Waals surface area contributed by atoms with Gasteiger partial charge in [-0.3, -0.25) is 4.79 Å². The van der Waals surface area contributed by atoms with Gasteiger partial charge in [-0.15, -0.1) is 0 Å². The highest BCUT2D eigenvalue weighted by atomic mass is 16.7. The summed E-state index contributed by atoms with van der Waals surface area (Å²) in [7, 11) is 0. The van der Waals surface area contributed by atoms with Crippen LogP contribution in [0.15, 0.2) is 12.2 Å². The fraction of sp³-hybridized carbons (Fsp3) is 0.961. The highest BCUT2D eigenvalue weighted by Gasteiger charge is 2.44. The molecular weight excluding hydrogens is 1070 g/mol. The number of nitrogens with one attached hydrogen (secondary N) is 1. The van der Waals surface area contributed by atoms with Crippen LogP contribution in [-0.2, 0) is 14.3 Å². The summed E-state index contributed by atoms with van der Waals surface area (Å²) in [5, 5.41) is 55.0. The first-order chi connectivity index (χ1) is 42.3.